The summed E-state index contributed by atoms with van der Waals surface area (Å²) in [5.74, 6) is -6.99. The summed E-state index contributed by atoms with van der Waals surface area (Å²) in [6.07, 6.45) is 3.48. The molecule has 1 aliphatic rings. The zero-order valence-corrected chi connectivity index (χ0v) is 38.4. The molecule has 1 heterocycles. The van der Waals surface area contributed by atoms with Crippen molar-refractivity contribution in [1.29, 1.82) is 0 Å². The second-order valence-electron chi connectivity index (χ2n) is 14.5. The molecule has 0 fully saturated rings. The normalized spacial score (nSPS) is 12.8. The van der Waals surface area contributed by atoms with Crippen molar-refractivity contribution in [3.05, 3.63) is 135 Å². The predicted molar refractivity (Wildman–Crippen MR) is 241 cm³/mol. The number of carboxylic acid groups (broad SMARTS) is 1. The Balaban J connectivity index is 0.000000372. The molecule has 342 valence electrons. The van der Waals surface area contributed by atoms with Crippen molar-refractivity contribution in [2.24, 2.45) is 11.8 Å². The van der Waals surface area contributed by atoms with E-state index in [1.165, 1.54) is 48.6 Å². The third-order valence-electron chi connectivity index (χ3n) is 8.47. The number of aromatic carboxylic acids is 1. The number of rotatable bonds is 17. The van der Waals surface area contributed by atoms with Crippen molar-refractivity contribution < 1.29 is 67.1 Å². The largest absolute Gasteiger partial charge is 0.620 e. The van der Waals surface area contributed by atoms with Crippen LogP contribution in [0.15, 0.2) is 106 Å². The molecule has 0 aromatic heterocycles. The minimum atomic E-state index is -1.69. The second kappa shape index (κ2) is 26.7. The molecule has 3 aromatic rings. The topological polar surface area (TPSA) is 250 Å². The Labute approximate surface area is 386 Å². The van der Waals surface area contributed by atoms with Gasteiger partial charge in [0, 0.05) is 8.95 Å². The molecule has 0 radical (unpaired) electrons. The third-order valence-corrected chi connectivity index (χ3v) is 9.46. The van der Waals surface area contributed by atoms with Crippen LogP contribution in [0.3, 0.4) is 0 Å². The summed E-state index contributed by atoms with van der Waals surface area (Å²) < 4.78 is 39.5. The lowest BCUT2D eigenvalue weighted by molar-refractivity contribution is -0.133. The van der Waals surface area contributed by atoms with Gasteiger partial charge in [0.15, 0.2) is 0 Å². The summed E-state index contributed by atoms with van der Waals surface area (Å²) in [7, 11) is -2.77. The van der Waals surface area contributed by atoms with Gasteiger partial charge in [0.1, 0.15) is 28.7 Å². The fourth-order valence-corrected chi connectivity index (χ4v) is 6.24. The van der Waals surface area contributed by atoms with Crippen molar-refractivity contribution in [2.45, 2.75) is 52.4 Å². The van der Waals surface area contributed by atoms with Crippen molar-refractivity contribution in [1.82, 2.24) is 21.3 Å². The quantitative estimate of drug-likeness (QED) is 0.0831. The molecule has 16 nitrogen and oxygen atoms in total. The second-order valence-corrected chi connectivity index (χ2v) is 16.4. The smallest absolute Gasteiger partial charge is 0.524 e. The minimum absolute atomic E-state index is 0.0671. The molecule has 4 amide bonds. The van der Waals surface area contributed by atoms with E-state index in [0.29, 0.717) is 21.8 Å². The molecule has 2 atom stereocenters. The Morgan fingerprint density at radius 1 is 0.766 bits per heavy atom. The highest BCUT2D eigenvalue weighted by atomic mass is 79.9. The van der Waals surface area contributed by atoms with Crippen LogP contribution in [0.25, 0.3) is 0 Å². The van der Waals surface area contributed by atoms with Gasteiger partial charge in [-0.2, -0.15) is 0 Å². The zero-order chi connectivity index (χ0) is 48.3. The van der Waals surface area contributed by atoms with Gasteiger partial charge in [-0.05, 0) is 79.3 Å². The van der Waals surface area contributed by atoms with Gasteiger partial charge in [-0.15, -0.1) is 0 Å². The molecule has 0 bridgehead atoms. The van der Waals surface area contributed by atoms with Crippen LogP contribution >= 0.6 is 31.9 Å². The van der Waals surface area contributed by atoms with E-state index in [0.717, 1.165) is 12.1 Å². The van der Waals surface area contributed by atoms with Crippen LogP contribution in [0.1, 0.15) is 71.6 Å². The van der Waals surface area contributed by atoms with E-state index in [2.05, 4.69) is 66.3 Å². The summed E-state index contributed by atoms with van der Waals surface area (Å²) in [5, 5.41) is 45.6. The Morgan fingerprint density at radius 3 is 1.69 bits per heavy atom. The number of allylic oxidation sites excluding steroid dienone is 1. The number of aromatic hydroxyl groups is 1. The van der Waals surface area contributed by atoms with Crippen molar-refractivity contribution in [3.63, 3.8) is 0 Å². The maximum absolute atomic E-state index is 13.8. The van der Waals surface area contributed by atoms with E-state index in [9.17, 15) is 47.6 Å². The fraction of sp³-hybridized carbons (Fsp3) is 0.286. The summed E-state index contributed by atoms with van der Waals surface area (Å²) in [5.41, 5.74) is -0.303. The Morgan fingerprint density at radius 2 is 1.27 bits per heavy atom. The van der Waals surface area contributed by atoms with Gasteiger partial charge in [-0.3, -0.25) is 19.2 Å². The van der Waals surface area contributed by atoms with Gasteiger partial charge < -0.3 is 50.8 Å². The SMILES string of the molecule is C=CC1=C(C=C)C(=O)OB([C@H](CC(C)C)NC(=O)CNC(=O)c2cc(Br)ccc2F)O1.CC(C)C[C@H](NC(=O)CNC(=O)c1cc(Br)ccc1F)B(O)O.O=C(O)c1ccccc1O. The van der Waals surface area contributed by atoms with Gasteiger partial charge in [-0.1, -0.05) is 90.9 Å². The van der Waals surface area contributed by atoms with Gasteiger partial charge in [-0.25, -0.2) is 18.4 Å². The number of carbonyl (C=O) groups is 6. The minimum Gasteiger partial charge on any atom is -0.524 e. The summed E-state index contributed by atoms with van der Waals surface area (Å²) in [6.45, 7) is 14.0. The monoisotopic (exact) mass is 1020 g/mol. The average molecular weight is 1020 g/mol. The van der Waals surface area contributed by atoms with Crippen LogP contribution in [0, 0.1) is 23.5 Å². The number of hydrogen-bond donors (Lipinski definition) is 8. The zero-order valence-electron chi connectivity index (χ0n) is 35.2. The van der Waals surface area contributed by atoms with E-state index in [1.54, 1.807) is 12.1 Å². The molecule has 0 unspecified atom stereocenters. The lowest BCUT2D eigenvalue weighted by Crippen LogP contribution is -2.54. The molecule has 4 rings (SSSR count). The summed E-state index contributed by atoms with van der Waals surface area (Å²) >= 11 is 6.31. The van der Waals surface area contributed by atoms with Gasteiger partial charge >= 0.3 is 26.2 Å². The van der Waals surface area contributed by atoms with Crippen LogP contribution < -0.4 is 21.3 Å². The van der Waals surface area contributed by atoms with Crippen LogP contribution in [0.4, 0.5) is 8.78 Å². The highest BCUT2D eigenvalue weighted by Crippen LogP contribution is 2.23. The van der Waals surface area contributed by atoms with Crippen LogP contribution in [-0.4, -0.2) is 95.0 Å². The number of amides is 4. The molecular weight excluding hydrogens is 972 g/mol. The predicted octanol–water partition coefficient (Wildman–Crippen LogP) is 5.03. The number of carbonyl (C=O) groups excluding carboxylic acids is 5. The van der Waals surface area contributed by atoms with E-state index in [-0.39, 0.29) is 45.6 Å². The molecule has 0 aliphatic carbocycles. The van der Waals surface area contributed by atoms with Crippen LogP contribution in [-0.2, 0) is 23.7 Å². The maximum Gasteiger partial charge on any atom is 0.620 e. The van der Waals surface area contributed by atoms with Crippen molar-refractivity contribution in [3.8, 4) is 5.75 Å². The number of phenols is 1. The lowest BCUT2D eigenvalue weighted by atomic mass is 9.72. The van der Waals surface area contributed by atoms with E-state index >= 15 is 0 Å². The number of para-hydroxylation sites is 1. The highest BCUT2D eigenvalue weighted by molar-refractivity contribution is 9.10. The number of halogens is 4. The van der Waals surface area contributed by atoms with E-state index in [4.69, 9.17) is 19.5 Å². The summed E-state index contributed by atoms with van der Waals surface area (Å²) in [4.78, 5) is 70.8. The number of carboxylic acids is 1. The summed E-state index contributed by atoms with van der Waals surface area (Å²) in [6, 6.07) is 13.6. The van der Waals surface area contributed by atoms with Crippen LogP contribution in [0.5, 0.6) is 5.75 Å². The molecule has 3 aromatic carbocycles. The van der Waals surface area contributed by atoms with Crippen LogP contribution in [0.2, 0.25) is 0 Å². The molecule has 8 N–H and O–H groups in total. The molecule has 22 heteroatoms. The fourth-order valence-electron chi connectivity index (χ4n) is 5.52. The molecule has 0 saturated carbocycles. The first kappa shape index (κ1) is 54.3. The Hall–Kier alpha value is -5.83. The Kier molecular flexibility index (Phi) is 22.7. The molecular formula is C42H48B2Br2F2N4O12. The maximum atomic E-state index is 13.8. The van der Waals surface area contributed by atoms with E-state index in [1.807, 2.05) is 27.7 Å². The standard InChI is InChI=1S/C21H23BBrFN2O5.C14H19BBrFN2O4.C7H6O3/c1-5-14-17(6-2)30-22(31-21(14)29)18(9-12(3)4)26-19(27)11-25-20(28)15-10-13(23)7-8-16(15)24;1-8(2)5-12(15(22)23)19-13(20)7-18-14(21)10-6-9(16)3-4-11(10)17;8-6-4-2-1-3-5(6)7(9)10/h5-8,10,12,18H,1-2,9,11H2,3-4H3,(H,25,28)(H,26,27);3-4,6,8,12,22-23H,5,7H2,1-2H3,(H,18,21)(H,19,20);1-4,8H,(H,9,10)/t18-;12-;/m00./s1. The van der Waals surface area contributed by atoms with Crippen molar-refractivity contribution >= 4 is 81.7 Å². The average Bonchev–Trinajstić information content (AvgIpc) is 3.23. The first-order valence-electron chi connectivity index (χ1n) is 19.4. The van der Waals surface area contributed by atoms with Gasteiger partial charge in [0.05, 0.1) is 41.7 Å². The Bertz CT molecular complexity index is 2210. The first-order valence-corrected chi connectivity index (χ1v) is 21.0. The van der Waals surface area contributed by atoms with E-state index < -0.39 is 86.4 Å². The molecule has 0 spiro atoms. The number of hydrogen-bond acceptors (Lipinski definition) is 11. The van der Waals surface area contributed by atoms with Crippen molar-refractivity contribution in [2.75, 3.05) is 13.1 Å². The highest BCUT2D eigenvalue weighted by Gasteiger charge is 2.42. The molecule has 0 saturated heterocycles. The van der Waals surface area contributed by atoms with Gasteiger partial charge in [0.25, 0.3) is 11.8 Å². The lowest BCUT2D eigenvalue weighted by Gasteiger charge is -2.29. The number of benzene rings is 3. The van der Waals surface area contributed by atoms with Gasteiger partial charge in [0.2, 0.25) is 11.8 Å². The molecule has 64 heavy (non-hydrogen) atoms. The molecule has 1 aliphatic heterocycles. The first-order chi connectivity index (χ1) is 30.1. The third kappa shape index (κ3) is 18.1. The number of nitrogens with one attached hydrogen (secondary N) is 4.